The van der Waals surface area contributed by atoms with Crippen molar-refractivity contribution in [3.8, 4) is 0 Å². The van der Waals surface area contributed by atoms with Gasteiger partial charge in [-0.2, -0.15) is 0 Å². The summed E-state index contributed by atoms with van der Waals surface area (Å²) >= 11 is 0. The van der Waals surface area contributed by atoms with Crippen molar-refractivity contribution < 1.29 is 14.3 Å². The smallest absolute Gasteiger partial charge is 0.317 e. The van der Waals surface area contributed by atoms with E-state index >= 15 is 0 Å². The van der Waals surface area contributed by atoms with Gasteiger partial charge >= 0.3 is 11.9 Å². The van der Waals surface area contributed by atoms with Crippen LogP contribution in [0.5, 0.6) is 0 Å². The third-order valence-electron chi connectivity index (χ3n) is 5.91. The highest BCUT2D eigenvalue weighted by Crippen LogP contribution is 2.67. The van der Waals surface area contributed by atoms with Crippen molar-refractivity contribution in [1.29, 1.82) is 0 Å². The minimum atomic E-state index is -0.255. The predicted octanol–water partition coefficient (Wildman–Crippen LogP) is 3.28. The van der Waals surface area contributed by atoms with Gasteiger partial charge in [0, 0.05) is 0 Å². The largest absolute Gasteiger partial charge is 0.393 e. The molecule has 3 rings (SSSR count). The van der Waals surface area contributed by atoms with E-state index in [1.807, 2.05) is 0 Å². The minimum absolute atomic E-state index is 0.157. The van der Waals surface area contributed by atoms with E-state index in [9.17, 15) is 9.59 Å². The van der Waals surface area contributed by atoms with Crippen LogP contribution in [0, 0.1) is 46.3 Å². The summed E-state index contributed by atoms with van der Waals surface area (Å²) in [5.41, 5.74) is 0.322. The molecule has 6 unspecified atom stereocenters. The summed E-state index contributed by atoms with van der Waals surface area (Å²) in [4.78, 5) is 24.1. The van der Waals surface area contributed by atoms with Crippen molar-refractivity contribution in [3.63, 3.8) is 0 Å². The van der Waals surface area contributed by atoms with Crippen molar-refractivity contribution in [2.75, 3.05) is 0 Å². The molecule has 0 aromatic carbocycles. The Labute approximate surface area is 121 Å². The van der Waals surface area contributed by atoms with Gasteiger partial charge in [-0.15, -0.1) is 0 Å². The van der Waals surface area contributed by atoms with Crippen molar-refractivity contribution in [2.45, 2.75) is 48.0 Å². The zero-order valence-electron chi connectivity index (χ0n) is 13.4. The monoisotopic (exact) mass is 278 g/mol. The third kappa shape index (κ3) is 1.71. The Bertz CT molecular complexity index is 424. The number of ether oxygens (including phenoxy) is 1. The van der Waals surface area contributed by atoms with Gasteiger partial charge in [-0.3, -0.25) is 9.59 Å². The quantitative estimate of drug-likeness (QED) is 0.504. The lowest BCUT2D eigenvalue weighted by Crippen LogP contribution is -2.46. The molecule has 1 heterocycles. The van der Waals surface area contributed by atoms with E-state index in [1.165, 1.54) is 0 Å². The number of carbonyl (C=O) groups excluding carboxylic acids is 2. The van der Waals surface area contributed by atoms with E-state index in [2.05, 4.69) is 41.5 Å². The van der Waals surface area contributed by atoms with Gasteiger partial charge in [0.05, 0.1) is 11.8 Å². The van der Waals surface area contributed by atoms with Crippen molar-refractivity contribution in [1.82, 2.24) is 0 Å². The number of fused-ring (bicyclic) bond motifs is 5. The fraction of sp³-hybridized carbons (Fsp3) is 0.882. The first kappa shape index (κ1) is 14.1. The second kappa shape index (κ2) is 3.86. The summed E-state index contributed by atoms with van der Waals surface area (Å²) in [6, 6.07) is 0. The Balaban J connectivity index is 2.05. The predicted molar refractivity (Wildman–Crippen MR) is 75.6 cm³/mol. The maximum atomic E-state index is 12.0. The highest BCUT2D eigenvalue weighted by atomic mass is 16.6. The second-order valence-corrected chi connectivity index (χ2v) is 9.14. The maximum Gasteiger partial charge on any atom is 0.317 e. The van der Waals surface area contributed by atoms with Crippen LogP contribution in [0.3, 0.4) is 0 Å². The van der Waals surface area contributed by atoms with Crippen LogP contribution in [-0.4, -0.2) is 11.9 Å². The van der Waals surface area contributed by atoms with E-state index in [0.717, 1.165) is 6.42 Å². The van der Waals surface area contributed by atoms with Gasteiger partial charge in [-0.05, 0) is 40.9 Å². The van der Waals surface area contributed by atoms with E-state index < -0.39 is 0 Å². The van der Waals surface area contributed by atoms with Crippen LogP contribution in [0.4, 0.5) is 0 Å². The Hall–Kier alpha value is -0.860. The average molecular weight is 278 g/mol. The number of hydrogen-bond acceptors (Lipinski definition) is 3. The van der Waals surface area contributed by atoms with Gasteiger partial charge < -0.3 is 4.74 Å². The molecule has 0 aromatic heterocycles. The summed E-state index contributed by atoms with van der Waals surface area (Å²) in [5, 5.41) is 0. The summed E-state index contributed by atoms with van der Waals surface area (Å²) in [5.74, 6) is 0.814. The summed E-state index contributed by atoms with van der Waals surface area (Å²) in [6.45, 7) is 13.6. The molecule has 0 N–H and O–H groups in total. The molecule has 3 nitrogen and oxygen atoms in total. The highest BCUT2D eigenvalue weighted by molar-refractivity contribution is 5.97. The number of cyclic esters (lactones) is 2. The zero-order valence-corrected chi connectivity index (χ0v) is 13.4. The lowest BCUT2D eigenvalue weighted by molar-refractivity contribution is -0.154. The number of hydrogen-bond donors (Lipinski definition) is 0. The normalized spacial score (nSPS) is 43.9. The van der Waals surface area contributed by atoms with Crippen LogP contribution in [-0.2, 0) is 14.3 Å². The van der Waals surface area contributed by atoms with Gasteiger partial charge in [0.2, 0.25) is 0 Å². The molecule has 2 saturated carbocycles. The number of esters is 2. The molecule has 0 spiro atoms. The topological polar surface area (TPSA) is 43.4 Å². The molecule has 2 bridgehead atoms. The third-order valence-corrected chi connectivity index (χ3v) is 5.91. The molecule has 20 heavy (non-hydrogen) atoms. The maximum absolute atomic E-state index is 12.0. The molecular formula is C17H26O3. The van der Waals surface area contributed by atoms with E-state index in [-0.39, 0.29) is 34.6 Å². The molecule has 1 aliphatic heterocycles. The van der Waals surface area contributed by atoms with E-state index in [1.54, 1.807) is 0 Å². The van der Waals surface area contributed by atoms with Gasteiger partial charge in [0.1, 0.15) is 0 Å². The van der Waals surface area contributed by atoms with Crippen molar-refractivity contribution >= 4 is 11.9 Å². The minimum Gasteiger partial charge on any atom is -0.393 e. The first-order valence-corrected chi connectivity index (χ1v) is 7.79. The lowest BCUT2D eigenvalue weighted by atomic mass is 9.55. The summed E-state index contributed by atoms with van der Waals surface area (Å²) in [7, 11) is 0. The molecule has 6 atom stereocenters. The van der Waals surface area contributed by atoms with E-state index in [0.29, 0.717) is 23.7 Å². The fourth-order valence-electron chi connectivity index (χ4n) is 5.65. The standard InChI is InChI=1S/C17H26O3/c1-16(2,3)12-8-7-9(13(12)17(4,5)6)11-10(8)14(18)20-15(11)19/h8-13H,7H2,1-6H3. The molecule has 0 aromatic rings. The molecule has 2 aliphatic carbocycles. The van der Waals surface area contributed by atoms with Crippen LogP contribution in [0.2, 0.25) is 0 Å². The molecule has 3 heteroatoms. The molecule has 3 fully saturated rings. The number of carbonyl (C=O) groups is 2. The molecule has 3 aliphatic rings. The SMILES string of the molecule is CC(C)(C)C1C2CC(C3C(=O)OC(=O)C23)C1C(C)(C)C. The van der Waals surface area contributed by atoms with Gasteiger partial charge in [-0.25, -0.2) is 0 Å². The van der Waals surface area contributed by atoms with Crippen LogP contribution in [0.1, 0.15) is 48.0 Å². The molecule has 0 radical (unpaired) electrons. The Morgan fingerprint density at radius 2 is 1.15 bits per heavy atom. The summed E-state index contributed by atoms with van der Waals surface area (Å²) in [6.07, 6.45) is 1.03. The van der Waals surface area contributed by atoms with Crippen LogP contribution < -0.4 is 0 Å². The molecule has 0 amide bonds. The average Bonchev–Trinajstić information content (AvgIpc) is 2.86. The zero-order chi connectivity index (χ0) is 15.0. The first-order chi connectivity index (χ1) is 9.03. The Morgan fingerprint density at radius 3 is 1.45 bits per heavy atom. The van der Waals surface area contributed by atoms with Gasteiger partial charge in [0.25, 0.3) is 0 Å². The second-order valence-electron chi connectivity index (χ2n) is 9.14. The first-order valence-electron chi connectivity index (χ1n) is 7.79. The van der Waals surface area contributed by atoms with Crippen LogP contribution in [0.25, 0.3) is 0 Å². The van der Waals surface area contributed by atoms with E-state index in [4.69, 9.17) is 4.74 Å². The van der Waals surface area contributed by atoms with Crippen LogP contribution in [0.15, 0.2) is 0 Å². The molecule has 112 valence electrons. The Morgan fingerprint density at radius 1 is 0.800 bits per heavy atom. The molecular weight excluding hydrogens is 252 g/mol. The van der Waals surface area contributed by atoms with Gasteiger partial charge in [-0.1, -0.05) is 41.5 Å². The Kier molecular flexibility index (Phi) is 2.72. The van der Waals surface area contributed by atoms with Crippen molar-refractivity contribution in [3.05, 3.63) is 0 Å². The van der Waals surface area contributed by atoms with Crippen LogP contribution >= 0.6 is 0 Å². The summed E-state index contributed by atoms with van der Waals surface area (Å²) < 4.78 is 4.95. The highest BCUT2D eigenvalue weighted by Gasteiger charge is 2.69. The fourth-order valence-corrected chi connectivity index (χ4v) is 5.65. The van der Waals surface area contributed by atoms with Crippen molar-refractivity contribution in [2.24, 2.45) is 46.3 Å². The molecule has 1 saturated heterocycles. The van der Waals surface area contributed by atoms with Gasteiger partial charge in [0.15, 0.2) is 0 Å². The lowest BCUT2D eigenvalue weighted by Gasteiger charge is -2.48. The number of rotatable bonds is 0.